The van der Waals surface area contributed by atoms with Crippen molar-refractivity contribution in [2.24, 2.45) is 0 Å². The molecular formula is C22H19NO2S. The van der Waals surface area contributed by atoms with Crippen LogP contribution in [0.2, 0.25) is 0 Å². The van der Waals surface area contributed by atoms with E-state index in [-0.39, 0.29) is 11.0 Å². The largest absolute Gasteiger partial charge is 0.403 e. The molecule has 4 aromatic rings. The van der Waals surface area contributed by atoms with Crippen LogP contribution in [0.1, 0.15) is 26.3 Å². The molecule has 0 saturated carbocycles. The van der Waals surface area contributed by atoms with E-state index in [1.54, 1.807) is 0 Å². The smallest absolute Gasteiger partial charge is 0.348 e. The fraction of sp³-hybridized carbons (Fsp3) is 0.182. The first-order valence-corrected chi connectivity index (χ1v) is 9.40. The van der Waals surface area contributed by atoms with Gasteiger partial charge in [0.05, 0.1) is 0 Å². The van der Waals surface area contributed by atoms with E-state index >= 15 is 0 Å². The summed E-state index contributed by atoms with van der Waals surface area (Å²) in [5, 5.41) is 2.52. The molecular weight excluding hydrogens is 342 g/mol. The van der Waals surface area contributed by atoms with Crippen molar-refractivity contribution in [3.05, 3.63) is 76.0 Å². The molecule has 0 aliphatic carbocycles. The molecule has 130 valence electrons. The van der Waals surface area contributed by atoms with Crippen molar-refractivity contribution in [1.29, 1.82) is 0 Å². The Morgan fingerprint density at radius 2 is 1.62 bits per heavy atom. The summed E-state index contributed by atoms with van der Waals surface area (Å²) in [4.78, 5) is 18.0. The summed E-state index contributed by atoms with van der Waals surface area (Å²) in [7, 11) is 0. The fourth-order valence-electron chi connectivity index (χ4n) is 2.95. The van der Waals surface area contributed by atoms with Crippen LogP contribution in [0.5, 0.6) is 0 Å². The van der Waals surface area contributed by atoms with E-state index in [4.69, 9.17) is 4.42 Å². The summed E-state index contributed by atoms with van der Waals surface area (Å²) in [6, 6.07) is 17.9. The van der Waals surface area contributed by atoms with Crippen molar-refractivity contribution < 1.29 is 4.42 Å². The molecule has 0 unspecified atom stereocenters. The topological polar surface area (TPSA) is 43.1 Å². The van der Waals surface area contributed by atoms with E-state index in [2.05, 4.69) is 37.9 Å². The fourth-order valence-corrected chi connectivity index (χ4v) is 3.88. The van der Waals surface area contributed by atoms with Crippen LogP contribution in [0.15, 0.2) is 69.2 Å². The maximum atomic E-state index is 12.7. The third-order valence-electron chi connectivity index (χ3n) is 4.45. The highest BCUT2D eigenvalue weighted by Crippen LogP contribution is 2.32. The molecule has 0 bridgehead atoms. The Kier molecular flexibility index (Phi) is 4.00. The molecule has 0 amide bonds. The number of fused-ring (bicyclic) bond motifs is 1. The highest BCUT2D eigenvalue weighted by Gasteiger charge is 2.17. The van der Waals surface area contributed by atoms with Crippen LogP contribution >= 0.6 is 11.3 Å². The molecule has 26 heavy (non-hydrogen) atoms. The molecule has 0 fully saturated rings. The number of hydrogen-bond donors (Lipinski definition) is 0. The lowest BCUT2D eigenvalue weighted by Crippen LogP contribution is -2.10. The summed E-state index contributed by atoms with van der Waals surface area (Å²) in [5.74, 6) is 0.365. The predicted molar refractivity (Wildman–Crippen MR) is 108 cm³/mol. The number of nitrogens with zero attached hydrogens (tertiary/aromatic N) is 1. The van der Waals surface area contributed by atoms with Crippen LogP contribution in [-0.4, -0.2) is 4.98 Å². The Bertz CT molecular complexity index is 1120. The van der Waals surface area contributed by atoms with Gasteiger partial charge in [-0.05, 0) is 28.7 Å². The highest BCUT2D eigenvalue weighted by atomic mass is 32.1. The van der Waals surface area contributed by atoms with Crippen molar-refractivity contribution in [3.8, 4) is 22.6 Å². The number of rotatable bonds is 2. The first-order chi connectivity index (χ1) is 12.4. The van der Waals surface area contributed by atoms with Crippen molar-refractivity contribution in [1.82, 2.24) is 4.98 Å². The van der Waals surface area contributed by atoms with Gasteiger partial charge < -0.3 is 4.42 Å². The molecule has 0 spiro atoms. The van der Waals surface area contributed by atoms with E-state index in [0.29, 0.717) is 16.1 Å². The van der Waals surface area contributed by atoms with Gasteiger partial charge in [0.15, 0.2) is 0 Å². The van der Waals surface area contributed by atoms with Gasteiger partial charge in [-0.1, -0.05) is 63.2 Å². The number of benzene rings is 2. The van der Waals surface area contributed by atoms with Crippen molar-refractivity contribution in [3.63, 3.8) is 0 Å². The Balaban J connectivity index is 1.81. The zero-order valence-electron chi connectivity index (χ0n) is 14.9. The number of thiophene rings is 1. The second-order valence-electron chi connectivity index (χ2n) is 7.33. The quantitative estimate of drug-likeness (QED) is 0.448. The van der Waals surface area contributed by atoms with E-state index in [1.165, 1.54) is 16.9 Å². The molecule has 0 aliphatic heterocycles. The zero-order valence-corrected chi connectivity index (χ0v) is 15.8. The van der Waals surface area contributed by atoms with Gasteiger partial charge >= 0.3 is 5.63 Å². The summed E-state index contributed by atoms with van der Waals surface area (Å²) in [5.41, 5.74) is 3.65. The molecule has 3 nitrogen and oxygen atoms in total. The molecule has 0 N–H and O–H groups in total. The summed E-state index contributed by atoms with van der Waals surface area (Å²) in [6.07, 6.45) is 0. The Labute approximate surface area is 156 Å². The van der Waals surface area contributed by atoms with E-state index in [9.17, 15) is 4.79 Å². The minimum atomic E-state index is -0.343. The van der Waals surface area contributed by atoms with Crippen LogP contribution in [0.4, 0.5) is 0 Å². The molecule has 4 rings (SSSR count). The lowest BCUT2D eigenvalue weighted by Gasteiger charge is -2.18. The van der Waals surface area contributed by atoms with E-state index in [0.717, 1.165) is 16.7 Å². The van der Waals surface area contributed by atoms with Gasteiger partial charge in [-0.2, -0.15) is 0 Å². The number of aromatic nitrogens is 1. The van der Waals surface area contributed by atoms with Gasteiger partial charge in [-0.3, -0.25) is 0 Å². The van der Waals surface area contributed by atoms with Crippen molar-refractivity contribution in [2.45, 2.75) is 26.2 Å². The minimum absolute atomic E-state index is 0.0785. The van der Waals surface area contributed by atoms with Crippen molar-refractivity contribution in [2.75, 3.05) is 0 Å². The van der Waals surface area contributed by atoms with Gasteiger partial charge in [0.2, 0.25) is 5.89 Å². The molecule has 0 saturated heterocycles. The normalized spacial score (nSPS) is 11.8. The Morgan fingerprint density at radius 1 is 0.923 bits per heavy atom. The average Bonchev–Trinajstić information content (AvgIpc) is 3.06. The van der Waals surface area contributed by atoms with Crippen molar-refractivity contribution >= 4 is 21.6 Å². The average molecular weight is 361 g/mol. The van der Waals surface area contributed by atoms with Gasteiger partial charge in [0.25, 0.3) is 0 Å². The molecule has 0 aliphatic rings. The first kappa shape index (κ1) is 16.7. The van der Waals surface area contributed by atoms with Gasteiger partial charge in [0.1, 0.15) is 10.2 Å². The first-order valence-electron chi connectivity index (χ1n) is 8.52. The second-order valence-corrected chi connectivity index (χ2v) is 8.19. The molecule has 4 heteroatoms. The Morgan fingerprint density at radius 3 is 2.27 bits per heavy atom. The maximum Gasteiger partial charge on any atom is 0.348 e. The summed E-state index contributed by atoms with van der Waals surface area (Å²) in [6.45, 7) is 6.51. The van der Waals surface area contributed by atoms with Gasteiger partial charge in [0, 0.05) is 16.5 Å². The third-order valence-corrected chi connectivity index (χ3v) is 5.32. The minimum Gasteiger partial charge on any atom is -0.403 e. The molecule has 0 atom stereocenters. The lowest BCUT2D eigenvalue weighted by atomic mass is 9.87. The zero-order chi connectivity index (χ0) is 18.3. The van der Waals surface area contributed by atoms with Crippen LogP contribution in [0.25, 0.3) is 32.8 Å². The van der Waals surface area contributed by atoms with E-state index < -0.39 is 0 Å². The maximum absolute atomic E-state index is 12.7. The lowest BCUT2D eigenvalue weighted by molar-refractivity contribution is 0.519. The summed E-state index contributed by atoms with van der Waals surface area (Å²) >= 11 is 1.47. The number of hydrogen-bond acceptors (Lipinski definition) is 4. The molecule has 0 radical (unpaired) electrons. The molecule has 2 aromatic carbocycles. The predicted octanol–water partition coefficient (Wildman–Crippen LogP) is 5.88. The standard InChI is InChI=1S/C22H19NO2S/c1-22(2,3)16-11-9-15(10-12-16)19-23-20-18(21(24)25-19)17(13-26-20)14-7-5-4-6-8-14/h4-13H,1-3H3. The van der Waals surface area contributed by atoms with Crippen LogP contribution in [-0.2, 0) is 5.41 Å². The SMILES string of the molecule is CC(C)(C)c1ccc(-c2nc3scc(-c4ccccc4)c3c(=O)o2)cc1. The van der Waals surface area contributed by atoms with Crippen LogP contribution < -0.4 is 5.63 Å². The summed E-state index contributed by atoms with van der Waals surface area (Å²) < 4.78 is 5.56. The van der Waals surface area contributed by atoms with Gasteiger partial charge in [-0.15, -0.1) is 11.3 Å². The molecule has 2 aromatic heterocycles. The van der Waals surface area contributed by atoms with Crippen LogP contribution in [0.3, 0.4) is 0 Å². The molecule has 2 heterocycles. The third kappa shape index (κ3) is 2.97. The van der Waals surface area contributed by atoms with Crippen LogP contribution in [0, 0.1) is 0 Å². The highest BCUT2D eigenvalue weighted by molar-refractivity contribution is 7.17. The van der Waals surface area contributed by atoms with Gasteiger partial charge in [-0.25, -0.2) is 9.78 Å². The van der Waals surface area contributed by atoms with E-state index in [1.807, 2.05) is 47.8 Å². The monoisotopic (exact) mass is 361 g/mol. The Hall–Kier alpha value is -2.72. The second kappa shape index (κ2) is 6.22.